The first-order chi connectivity index (χ1) is 10.0. The molecule has 108 valence electrons. The molecule has 21 heavy (non-hydrogen) atoms. The van der Waals surface area contributed by atoms with Crippen molar-refractivity contribution in [1.29, 1.82) is 0 Å². The van der Waals surface area contributed by atoms with Gasteiger partial charge in [0.15, 0.2) is 5.89 Å². The first-order valence-electron chi connectivity index (χ1n) is 6.51. The second-order valence-electron chi connectivity index (χ2n) is 4.88. The van der Waals surface area contributed by atoms with E-state index < -0.39 is 0 Å². The molecule has 0 aliphatic rings. The molecule has 2 heterocycles. The summed E-state index contributed by atoms with van der Waals surface area (Å²) in [6, 6.07) is 5.78. The van der Waals surface area contributed by atoms with Crippen molar-refractivity contribution in [1.82, 2.24) is 15.3 Å². The summed E-state index contributed by atoms with van der Waals surface area (Å²) in [6.45, 7) is 3.74. The predicted molar refractivity (Wildman–Crippen MR) is 81.1 cm³/mol. The first-order valence-corrected chi connectivity index (χ1v) is 6.89. The van der Waals surface area contributed by atoms with Crippen molar-refractivity contribution in [2.45, 2.75) is 20.4 Å². The number of H-pyrrole nitrogens is 1. The third-order valence-electron chi connectivity index (χ3n) is 3.19. The highest BCUT2D eigenvalue weighted by atomic mass is 35.5. The Kier molecular flexibility index (Phi) is 3.43. The molecule has 2 N–H and O–H groups in total. The lowest BCUT2D eigenvalue weighted by molar-refractivity contribution is -0.119. The fraction of sp³-hybridized carbons (Fsp3) is 0.200. The second kappa shape index (κ2) is 5.26. The van der Waals surface area contributed by atoms with Crippen LogP contribution in [-0.4, -0.2) is 15.9 Å². The number of carbonyl (C=O) groups is 1. The molecule has 0 bridgehead atoms. The minimum absolute atomic E-state index is 0.0644. The summed E-state index contributed by atoms with van der Waals surface area (Å²) in [6.07, 6.45) is 1.59. The van der Waals surface area contributed by atoms with Crippen molar-refractivity contribution in [3.05, 3.63) is 41.1 Å². The predicted octanol–water partition coefficient (Wildman–Crippen LogP) is 3.42. The van der Waals surface area contributed by atoms with Gasteiger partial charge in [-0.1, -0.05) is 11.6 Å². The van der Waals surface area contributed by atoms with Crippen LogP contribution in [0.1, 0.15) is 18.5 Å². The number of hydrogen-bond donors (Lipinski definition) is 2. The van der Waals surface area contributed by atoms with Gasteiger partial charge < -0.3 is 14.7 Å². The van der Waals surface area contributed by atoms with Gasteiger partial charge in [-0.25, -0.2) is 4.98 Å². The Bertz CT molecular complexity index is 820. The molecule has 0 aliphatic carbocycles. The molecule has 0 fully saturated rings. The van der Waals surface area contributed by atoms with Gasteiger partial charge in [0.2, 0.25) is 5.91 Å². The Morgan fingerprint density at radius 2 is 2.24 bits per heavy atom. The molecule has 0 radical (unpaired) electrons. The van der Waals surface area contributed by atoms with Crippen LogP contribution in [0.15, 0.2) is 28.9 Å². The number of nitrogens with zero attached hydrogens (tertiary/aromatic N) is 1. The molecule has 0 aliphatic heterocycles. The third kappa shape index (κ3) is 2.78. The fourth-order valence-corrected chi connectivity index (χ4v) is 2.48. The number of halogens is 1. The number of carbonyl (C=O) groups excluding carboxylic acids is 1. The number of aromatic amines is 1. The number of nitrogens with one attached hydrogen (secondary N) is 2. The van der Waals surface area contributed by atoms with Crippen LogP contribution in [0.5, 0.6) is 0 Å². The number of amides is 1. The molecule has 6 heteroatoms. The van der Waals surface area contributed by atoms with E-state index in [4.69, 9.17) is 16.0 Å². The molecular formula is C15H14ClN3O2. The van der Waals surface area contributed by atoms with E-state index in [2.05, 4.69) is 15.3 Å². The van der Waals surface area contributed by atoms with Crippen molar-refractivity contribution in [3.63, 3.8) is 0 Å². The van der Waals surface area contributed by atoms with Crippen molar-refractivity contribution in [2.75, 3.05) is 0 Å². The van der Waals surface area contributed by atoms with Crippen LogP contribution in [0, 0.1) is 6.92 Å². The zero-order valence-corrected chi connectivity index (χ0v) is 12.4. The number of oxazole rings is 1. The van der Waals surface area contributed by atoms with E-state index in [-0.39, 0.29) is 5.91 Å². The Morgan fingerprint density at radius 3 is 2.90 bits per heavy atom. The molecule has 0 saturated heterocycles. The second-order valence-corrected chi connectivity index (χ2v) is 5.28. The number of rotatable bonds is 3. The maximum absolute atomic E-state index is 11.0. The highest BCUT2D eigenvalue weighted by Crippen LogP contribution is 2.31. The van der Waals surface area contributed by atoms with Crippen LogP contribution in [0.4, 0.5) is 0 Å². The van der Waals surface area contributed by atoms with Crippen LogP contribution < -0.4 is 5.32 Å². The number of aryl methyl sites for hydroxylation is 1. The summed E-state index contributed by atoms with van der Waals surface area (Å²) in [4.78, 5) is 18.5. The summed E-state index contributed by atoms with van der Waals surface area (Å²) in [5.41, 5.74) is 3.38. The van der Waals surface area contributed by atoms with Gasteiger partial charge in [0.05, 0.1) is 11.6 Å². The molecule has 1 amide bonds. The Hall–Kier alpha value is -2.27. The maximum atomic E-state index is 11.0. The van der Waals surface area contributed by atoms with Gasteiger partial charge in [0.25, 0.3) is 0 Å². The van der Waals surface area contributed by atoms with Crippen LogP contribution in [0.2, 0.25) is 5.02 Å². The van der Waals surface area contributed by atoms with Gasteiger partial charge in [-0.05, 0) is 18.2 Å². The normalized spacial score (nSPS) is 11.0. The Labute approximate surface area is 126 Å². The summed E-state index contributed by atoms with van der Waals surface area (Å²) >= 11 is 6.32. The lowest BCUT2D eigenvalue weighted by Gasteiger charge is -2.00. The number of fused-ring (bicyclic) bond motifs is 1. The standard InChI is InChI=1S/C15H14ClN3O2/c1-8(20)17-6-11-3-10-4-13(16)12(5-14(10)19-11)15-7-21-9(2)18-15/h3-5,7,19H,6H2,1-2H3,(H,17,20). The lowest BCUT2D eigenvalue weighted by atomic mass is 10.1. The van der Waals surface area contributed by atoms with Crippen molar-refractivity contribution < 1.29 is 9.21 Å². The van der Waals surface area contributed by atoms with Gasteiger partial charge in [-0.15, -0.1) is 0 Å². The monoisotopic (exact) mass is 303 g/mol. The van der Waals surface area contributed by atoms with E-state index >= 15 is 0 Å². The number of hydrogen-bond acceptors (Lipinski definition) is 3. The Morgan fingerprint density at radius 1 is 1.43 bits per heavy atom. The quantitative estimate of drug-likeness (QED) is 0.779. The maximum Gasteiger partial charge on any atom is 0.217 e. The summed E-state index contributed by atoms with van der Waals surface area (Å²) in [7, 11) is 0. The van der Waals surface area contributed by atoms with E-state index in [9.17, 15) is 4.79 Å². The smallest absolute Gasteiger partial charge is 0.217 e. The average Bonchev–Trinajstić information content (AvgIpc) is 3.01. The van der Waals surface area contributed by atoms with Crippen LogP contribution in [0.3, 0.4) is 0 Å². The number of benzene rings is 1. The van der Waals surface area contributed by atoms with Gasteiger partial charge in [-0.2, -0.15) is 0 Å². The average molecular weight is 304 g/mol. The van der Waals surface area contributed by atoms with Crippen molar-refractivity contribution in [3.8, 4) is 11.3 Å². The SMILES string of the molecule is CC(=O)NCc1cc2cc(Cl)c(-c3coc(C)n3)cc2[nH]1. The molecule has 3 rings (SSSR count). The van der Waals surface area contributed by atoms with Crippen LogP contribution in [0.25, 0.3) is 22.2 Å². The van der Waals surface area contributed by atoms with E-state index in [0.29, 0.717) is 23.2 Å². The fourth-order valence-electron chi connectivity index (χ4n) is 2.21. The van der Waals surface area contributed by atoms with Crippen molar-refractivity contribution in [2.24, 2.45) is 0 Å². The summed E-state index contributed by atoms with van der Waals surface area (Å²) in [5.74, 6) is 0.532. The van der Waals surface area contributed by atoms with Gasteiger partial charge >= 0.3 is 0 Å². The zero-order valence-electron chi connectivity index (χ0n) is 11.7. The third-order valence-corrected chi connectivity index (χ3v) is 3.50. The topological polar surface area (TPSA) is 70.9 Å². The summed E-state index contributed by atoms with van der Waals surface area (Å²) in [5, 5.41) is 4.36. The summed E-state index contributed by atoms with van der Waals surface area (Å²) < 4.78 is 5.23. The zero-order chi connectivity index (χ0) is 15.0. The van der Waals surface area contributed by atoms with E-state index in [1.165, 1.54) is 6.92 Å². The van der Waals surface area contributed by atoms with E-state index in [0.717, 1.165) is 22.2 Å². The highest BCUT2D eigenvalue weighted by Gasteiger charge is 2.11. The van der Waals surface area contributed by atoms with Gasteiger partial charge in [-0.3, -0.25) is 4.79 Å². The first kappa shape index (κ1) is 13.7. The highest BCUT2D eigenvalue weighted by molar-refractivity contribution is 6.34. The van der Waals surface area contributed by atoms with Crippen molar-refractivity contribution >= 4 is 28.4 Å². The molecule has 0 atom stereocenters. The van der Waals surface area contributed by atoms with E-state index in [1.54, 1.807) is 13.2 Å². The lowest BCUT2D eigenvalue weighted by Crippen LogP contribution is -2.18. The molecule has 2 aromatic heterocycles. The minimum atomic E-state index is -0.0644. The van der Waals surface area contributed by atoms with Crippen LogP contribution >= 0.6 is 11.6 Å². The molecule has 3 aromatic rings. The molecule has 0 unspecified atom stereocenters. The van der Waals surface area contributed by atoms with Crippen LogP contribution in [-0.2, 0) is 11.3 Å². The largest absolute Gasteiger partial charge is 0.449 e. The van der Waals surface area contributed by atoms with E-state index in [1.807, 2.05) is 18.2 Å². The van der Waals surface area contributed by atoms with Gasteiger partial charge in [0.1, 0.15) is 12.0 Å². The number of aromatic nitrogens is 2. The molecule has 0 spiro atoms. The molecule has 1 aromatic carbocycles. The molecule has 0 saturated carbocycles. The Balaban J connectivity index is 2.00. The minimum Gasteiger partial charge on any atom is -0.449 e. The van der Waals surface area contributed by atoms with Gasteiger partial charge in [0, 0.05) is 36.0 Å². The molecule has 5 nitrogen and oxygen atoms in total. The molecular weight excluding hydrogens is 290 g/mol.